The quantitative estimate of drug-likeness (QED) is 0.408. The number of nitrogens with zero attached hydrogens (tertiary/aromatic N) is 2. The summed E-state index contributed by atoms with van der Waals surface area (Å²) < 4.78 is -2.28. The fourth-order valence-corrected chi connectivity index (χ4v) is 2.65. The predicted molar refractivity (Wildman–Crippen MR) is 102 cm³/mol. The van der Waals surface area contributed by atoms with Gasteiger partial charge in [-0.15, -0.1) is 0 Å². The monoisotopic (exact) mass is 430 g/mol. The van der Waals surface area contributed by atoms with E-state index in [-0.39, 0.29) is 5.71 Å². The van der Waals surface area contributed by atoms with Gasteiger partial charge in [0, 0.05) is 10.6 Å². The number of carbonyl (C=O) groups is 2. The molecule has 0 aromatic heterocycles. The summed E-state index contributed by atoms with van der Waals surface area (Å²) >= 11 is 22.2. The van der Waals surface area contributed by atoms with Crippen molar-refractivity contribution in [1.29, 1.82) is 0 Å². The third-order valence-electron chi connectivity index (χ3n) is 3.60. The molecule has 3 rings (SSSR count). The molecule has 0 atom stereocenters. The molecule has 2 aromatic carbocycles. The molecular weight excluding hydrogens is 422 g/mol. The summed E-state index contributed by atoms with van der Waals surface area (Å²) in [5.41, 5.74) is 1.98. The van der Waals surface area contributed by atoms with Crippen LogP contribution in [0.5, 0.6) is 0 Å². The summed E-state index contributed by atoms with van der Waals surface area (Å²) in [7, 11) is 0. The molecule has 9 heteroatoms. The van der Waals surface area contributed by atoms with Crippen LogP contribution in [0, 0.1) is 0 Å². The molecule has 0 bridgehead atoms. The zero-order valence-corrected chi connectivity index (χ0v) is 16.0. The van der Waals surface area contributed by atoms with Crippen LogP contribution in [0.1, 0.15) is 11.1 Å². The largest absolute Gasteiger partial charge is 0.386 e. The van der Waals surface area contributed by atoms with Crippen LogP contribution in [0.3, 0.4) is 0 Å². The van der Waals surface area contributed by atoms with Crippen LogP contribution >= 0.6 is 46.4 Å². The highest BCUT2D eigenvalue weighted by atomic mass is 35.6. The molecule has 2 aromatic rings. The number of benzene rings is 2. The van der Waals surface area contributed by atoms with E-state index in [4.69, 9.17) is 46.4 Å². The van der Waals surface area contributed by atoms with Gasteiger partial charge >= 0.3 is 5.97 Å². The predicted octanol–water partition coefficient (Wildman–Crippen LogP) is 4.50. The van der Waals surface area contributed by atoms with Crippen LogP contribution in [-0.4, -0.2) is 21.4 Å². The molecule has 1 heterocycles. The molecule has 134 valence electrons. The Bertz CT molecular complexity index is 892. The van der Waals surface area contributed by atoms with Gasteiger partial charge in [0.25, 0.3) is 9.70 Å². The Morgan fingerprint density at radius 1 is 1.08 bits per heavy atom. The number of rotatable bonds is 3. The first-order valence-electron chi connectivity index (χ1n) is 7.29. The average molecular weight is 432 g/mol. The molecule has 1 aliphatic heterocycles. The number of alkyl halides is 3. The molecule has 5 nitrogen and oxygen atoms in total. The van der Waals surface area contributed by atoms with E-state index in [1.54, 1.807) is 36.4 Å². The molecule has 0 aliphatic carbocycles. The number of para-hydroxylation sites is 1. The van der Waals surface area contributed by atoms with Crippen molar-refractivity contribution in [3.63, 3.8) is 0 Å². The summed E-state index contributed by atoms with van der Waals surface area (Å²) in [6, 6.07) is 14.1. The maximum Gasteiger partial charge on any atom is 0.386 e. The average Bonchev–Trinajstić information content (AvgIpc) is 2.86. The van der Waals surface area contributed by atoms with Crippen molar-refractivity contribution >= 4 is 69.7 Å². The molecule has 1 aliphatic rings. The summed E-state index contributed by atoms with van der Waals surface area (Å²) in [5, 5.41) is 4.22. The molecule has 0 saturated heterocycles. The topological polar surface area (TPSA) is 59.0 Å². The zero-order chi connectivity index (χ0) is 18.9. The van der Waals surface area contributed by atoms with Crippen LogP contribution in [0.2, 0.25) is 5.02 Å². The first kappa shape index (κ1) is 19.0. The van der Waals surface area contributed by atoms with Crippen molar-refractivity contribution in [3.05, 3.63) is 64.7 Å². The highest BCUT2D eigenvalue weighted by Gasteiger charge is 2.37. The molecule has 26 heavy (non-hydrogen) atoms. The first-order chi connectivity index (χ1) is 12.3. The standard InChI is InChI=1S/C17H10Cl4N2O3/c18-11-7-5-10(6-8-11)9-23-13-4-2-1-3-12(13)14(15(23)24)22-26-16(25)17(19,20)21/h1-8H,9H2/b22-14+. The Balaban J connectivity index is 1.90. The minimum atomic E-state index is -2.28. The first-order valence-corrected chi connectivity index (χ1v) is 8.80. The van der Waals surface area contributed by atoms with Gasteiger partial charge in [0.05, 0.1) is 12.2 Å². The van der Waals surface area contributed by atoms with E-state index in [9.17, 15) is 9.59 Å². The lowest BCUT2D eigenvalue weighted by Crippen LogP contribution is -2.30. The van der Waals surface area contributed by atoms with Gasteiger partial charge < -0.3 is 9.74 Å². The van der Waals surface area contributed by atoms with Gasteiger partial charge in [-0.1, -0.05) is 81.9 Å². The lowest BCUT2D eigenvalue weighted by atomic mass is 10.1. The second kappa shape index (κ2) is 7.45. The summed E-state index contributed by atoms with van der Waals surface area (Å²) in [5.74, 6) is -1.63. The molecule has 0 saturated carbocycles. The summed E-state index contributed by atoms with van der Waals surface area (Å²) in [6.45, 7) is 0.296. The Labute approximate surface area is 169 Å². The third-order valence-corrected chi connectivity index (χ3v) is 4.32. The smallest absolute Gasteiger partial charge is 0.313 e. The SMILES string of the molecule is O=C1/C(=N/OC(=O)C(Cl)(Cl)Cl)c2ccccc2N1Cc1ccc(Cl)cc1. The number of hydrogen-bond donors (Lipinski definition) is 0. The molecule has 0 unspecified atom stereocenters. The molecule has 1 amide bonds. The molecular formula is C17H10Cl4N2O3. The Hall–Kier alpha value is -1.79. The van der Waals surface area contributed by atoms with E-state index in [1.807, 2.05) is 12.1 Å². The molecule has 0 fully saturated rings. The van der Waals surface area contributed by atoms with E-state index >= 15 is 0 Å². The van der Waals surface area contributed by atoms with E-state index in [2.05, 4.69) is 9.99 Å². The van der Waals surface area contributed by atoms with Crippen molar-refractivity contribution in [1.82, 2.24) is 0 Å². The molecule has 0 N–H and O–H groups in total. The number of oxime groups is 1. The minimum absolute atomic E-state index is 0.0443. The van der Waals surface area contributed by atoms with Gasteiger partial charge in [-0.3, -0.25) is 4.79 Å². The summed E-state index contributed by atoms with van der Waals surface area (Å²) in [6.07, 6.45) is 0. The normalized spacial score (nSPS) is 15.3. The van der Waals surface area contributed by atoms with Crippen LogP contribution in [0.4, 0.5) is 5.69 Å². The third kappa shape index (κ3) is 3.96. The second-order valence-electron chi connectivity index (χ2n) is 5.35. The van der Waals surface area contributed by atoms with Gasteiger partial charge in [0.15, 0.2) is 5.71 Å². The van der Waals surface area contributed by atoms with Crippen molar-refractivity contribution in [2.75, 3.05) is 4.90 Å². The number of hydrogen-bond acceptors (Lipinski definition) is 4. The number of carbonyl (C=O) groups excluding carboxylic acids is 2. The Morgan fingerprint density at radius 3 is 2.38 bits per heavy atom. The number of amides is 1. The van der Waals surface area contributed by atoms with E-state index in [1.165, 1.54) is 4.90 Å². The van der Waals surface area contributed by atoms with Crippen LogP contribution in [0.25, 0.3) is 0 Å². The maximum absolute atomic E-state index is 12.8. The van der Waals surface area contributed by atoms with Gasteiger partial charge in [-0.2, -0.15) is 0 Å². The number of fused-ring (bicyclic) bond motifs is 1. The Kier molecular flexibility index (Phi) is 5.44. The number of anilines is 1. The number of halogens is 4. The van der Waals surface area contributed by atoms with Crippen molar-refractivity contribution in [2.24, 2.45) is 5.16 Å². The van der Waals surface area contributed by atoms with E-state index < -0.39 is 15.7 Å². The molecule has 0 spiro atoms. The van der Waals surface area contributed by atoms with Gasteiger partial charge in [-0.05, 0) is 23.8 Å². The lowest BCUT2D eigenvalue weighted by molar-refractivity contribution is -0.142. The highest BCUT2D eigenvalue weighted by molar-refractivity contribution is 6.75. The van der Waals surface area contributed by atoms with Crippen LogP contribution in [0.15, 0.2) is 53.7 Å². The van der Waals surface area contributed by atoms with Crippen molar-refractivity contribution < 1.29 is 14.4 Å². The fraction of sp³-hybridized carbons (Fsp3) is 0.118. The van der Waals surface area contributed by atoms with Crippen LogP contribution in [-0.2, 0) is 21.0 Å². The van der Waals surface area contributed by atoms with E-state index in [0.717, 1.165) is 5.56 Å². The second-order valence-corrected chi connectivity index (χ2v) is 8.07. The summed E-state index contributed by atoms with van der Waals surface area (Å²) in [4.78, 5) is 30.5. The lowest BCUT2D eigenvalue weighted by Gasteiger charge is -2.16. The van der Waals surface area contributed by atoms with Gasteiger partial charge in [0.2, 0.25) is 0 Å². The molecule has 0 radical (unpaired) electrons. The maximum atomic E-state index is 12.8. The van der Waals surface area contributed by atoms with Crippen molar-refractivity contribution in [3.8, 4) is 0 Å². The Morgan fingerprint density at radius 2 is 1.73 bits per heavy atom. The van der Waals surface area contributed by atoms with E-state index in [0.29, 0.717) is 22.8 Å². The zero-order valence-electron chi connectivity index (χ0n) is 13.0. The fourth-order valence-electron chi connectivity index (χ4n) is 2.42. The van der Waals surface area contributed by atoms with Gasteiger partial charge in [0.1, 0.15) is 0 Å². The van der Waals surface area contributed by atoms with Crippen molar-refractivity contribution in [2.45, 2.75) is 10.3 Å². The van der Waals surface area contributed by atoms with Crippen LogP contribution < -0.4 is 4.90 Å². The highest BCUT2D eigenvalue weighted by Crippen LogP contribution is 2.32. The minimum Gasteiger partial charge on any atom is -0.313 e. The van der Waals surface area contributed by atoms with Gasteiger partial charge in [-0.25, -0.2) is 4.79 Å².